The molecule has 1 amide bonds. The summed E-state index contributed by atoms with van der Waals surface area (Å²) < 4.78 is 5.07. The van der Waals surface area contributed by atoms with Gasteiger partial charge in [-0.1, -0.05) is 32.4 Å². The summed E-state index contributed by atoms with van der Waals surface area (Å²) in [4.78, 5) is 26.4. The highest BCUT2D eigenvalue weighted by Crippen LogP contribution is 2.30. The molecule has 0 aromatic heterocycles. The molecule has 0 saturated heterocycles. The van der Waals surface area contributed by atoms with Gasteiger partial charge in [-0.05, 0) is 25.7 Å². The smallest absolute Gasteiger partial charge is 0.319 e. The normalized spacial score (nSPS) is 17.7. The van der Waals surface area contributed by atoms with Gasteiger partial charge in [0.15, 0.2) is 0 Å². The first-order valence-corrected chi connectivity index (χ1v) is 6.88. The monoisotopic (exact) mass is 267 g/mol. The predicted octanol–water partition coefficient (Wildman–Crippen LogP) is 2.39. The zero-order chi connectivity index (χ0) is 14.6. The van der Waals surface area contributed by atoms with Crippen LogP contribution in [0.2, 0.25) is 0 Å². The summed E-state index contributed by atoms with van der Waals surface area (Å²) in [6.07, 6.45) is 3.00. The Hall–Kier alpha value is -1.32. The molecule has 0 aromatic rings. The average Bonchev–Trinajstić information content (AvgIpc) is 2.27. The van der Waals surface area contributed by atoms with Gasteiger partial charge in [-0.25, -0.2) is 0 Å². The van der Waals surface area contributed by atoms with E-state index in [1.54, 1.807) is 11.8 Å². The predicted molar refractivity (Wildman–Crippen MR) is 74.5 cm³/mol. The molecule has 0 saturated carbocycles. The van der Waals surface area contributed by atoms with Crippen molar-refractivity contribution in [1.82, 2.24) is 4.90 Å². The van der Waals surface area contributed by atoms with Gasteiger partial charge in [-0.15, -0.1) is 0 Å². The lowest BCUT2D eigenvalue weighted by Gasteiger charge is -2.34. The van der Waals surface area contributed by atoms with Gasteiger partial charge in [-0.3, -0.25) is 9.59 Å². The fourth-order valence-electron chi connectivity index (χ4n) is 2.33. The highest BCUT2D eigenvalue weighted by molar-refractivity contribution is 5.98. The quantitative estimate of drug-likeness (QED) is 0.448. The third-order valence-electron chi connectivity index (χ3n) is 3.28. The Labute approximate surface area is 115 Å². The van der Waals surface area contributed by atoms with Crippen molar-refractivity contribution in [1.29, 1.82) is 0 Å². The second-order valence-corrected chi connectivity index (χ2v) is 6.15. The topological polar surface area (TPSA) is 46.6 Å². The Morgan fingerprint density at radius 1 is 1.42 bits per heavy atom. The lowest BCUT2D eigenvalue weighted by Crippen LogP contribution is -2.47. The van der Waals surface area contributed by atoms with E-state index >= 15 is 0 Å². The average molecular weight is 267 g/mol. The van der Waals surface area contributed by atoms with Crippen molar-refractivity contribution in [2.24, 2.45) is 11.3 Å². The molecule has 1 aliphatic rings. The Bertz CT molecular complexity index is 379. The lowest BCUT2D eigenvalue weighted by atomic mass is 9.79. The molecule has 108 valence electrons. The maximum atomic E-state index is 12.6. The molecule has 19 heavy (non-hydrogen) atoms. The molecule has 0 N–H and O–H groups in total. The number of carbonyl (C=O) groups excluding carboxylic acids is 2. The molecule has 0 fully saturated rings. The first kappa shape index (κ1) is 15.7. The van der Waals surface area contributed by atoms with Crippen LogP contribution in [0.3, 0.4) is 0 Å². The van der Waals surface area contributed by atoms with Crippen LogP contribution in [0.4, 0.5) is 0 Å². The van der Waals surface area contributed by atoms with Gasteiger partial charge in [0.2, 0.25) is 5.91 Å². The van der Waals surface area contributed by atoms with E-state index in [4.69, 9.17) is 4.74 Å². The van der Waals surface area contributed by atoms with Crippen molar-refractivity contribution in [3.8, 4) is 0 Å². The second kappa shape index (κ2) is 6.22. The molecule has 4 heteroatoms. The van der Waals surface area contributed by atoms with E-state index < -0.39 is 17.3 Å². The van der Waals surface area contributed by atoms with Crippen LogP contribution < -0.4 is 0 Å². The summed E-state index contributed by atoms with van der Waals surface area (Å²) in [5.41, 5.74) is 0.745. The fraction of sp³-hybridized carbons (Fsp3) is 0.733. The first-order valence-electron chi connectivity index (χ1n) is 6.88. The molecular weight excluding hydrogens is 242 g/mol. The van der Waals surface area contributed by atoms with Crippen molar-refractivity contribution >= 4 is 11.9 Å². The minimum Gasteiger partial charge on any atom is -0.465 e. The van der Waals surface area contributed by atoms with Crippen LogP contribution in [0.15, 0.2) is 11.6 Å². The number of esters is 1. The molecule has 0 spiro atoms. The molecule has 1 atom stereocenters. The molecule has 1 heterocycles. The van der Waals surface area contributed by atoms with E-state index in [9.17, 15) is 9.59 Å². The number of ether oxygens (including phenoxy) is 1. The van der Waals surface area contributed by atoms with E-state index in [1.807, 2.05) is 27.7 Å². The number of hydrogen-bond acceptors (Lipinski definition) is 3. The van der Waals surface area contributed by atoms with Gasteiger partial charge in [0.1, 0.15) is 5.92 Å². The molecule has 0 radical (unpaired) electrons. The lowest BCUT2D eigenvalue weighted by molar-refractivity contribution is -0.160. The van der Waals surface area contributed by atoms with E-state index in [2.05, 4.69) is 6.08 Å². The summed E-state index contributed by atoms with van der Waals surface area (Å²) in [6, 6.07) is 0. The molecule has 0 aromatic carbocycles. The van der Waals surface area contributed by atoms with E-state index in [1.165, 1.54) is 5.57 Å². The van der Waals surface area contributed by atoms with E-state index in [0.717, 1.165) is 6.42 Å². The van der Waals surface area contributed by atoms with Crippen LogP contribution in [0.5, 0.6) is 0 Å². The zero-order valence-electron chi connectivity index (χ0n) is 12.7. The maximum absolute atomic E-state index is 12.6. The highest BCUT2D eigenvalue weighted by Gasteiger charge is 2.41. The van der Waals surface area contributed by atoms with Crippen molar-refractivity contribution in [2.75, 3.05) is 19.7 Å². The maximum Gasteiger partial charge on any atom is 0.319 e. The minimum absolute atomic E-state index is 0.113. The van der Waals surface area contributed by atoms with Gasteiger partial charge in [0.05, 0.1) is 6.61 Å². The van der Waals surface area contributed by atoms with Crippen molar-refractivity contribution in [3.05, 3.63) is 11.6 Å². The van der Waals surface area contributed by atoms with Gasteiger partial charge in [0.25, 0.3) is 0 Å². The summed E-state index contributed by atoms with van der Waals surface area (Å²) in [5, 5.41) is 0. The first-order chi connectivity index (χ1) is 8.77. The Balaban J connectivity index is 2.89. The number of amides is 1. The van der Waals surface area contributed by atoms with Gasteiger partial charge in [-0.2, -0.15) is 0 Å². The van der Waals surface area contributed by atoms with Crippen LogP contribution in [0, 0.1) is 11.3 Å². The van der Waals surface area contributed by atoms with E-state index in [-0.39, 0.29) is 5.91 Å². The molecule has 0 bridgehead atoms. The van der Waals surface area contributed by atoms with Crippen molar-refractivity contribution in [3.63, 3.8) is 0 Å². The van der Waals surface area contributed by atoms with Gasteiger partial charge >= 0.3 is 5.97 Å². The third-order valence-corrected chi connectivity index (χ3v) is 3.28. The standard InChI is InChI=1S/C15H25NO3/c1-6-19-14(18)12(15(3,4)5)13(17)16-9-7-8-11(2)10-16/h8,12H,6-7,9-10H2,1-5H3. The summed E-state index contributed by atoms with van der Waals surface area (Å²) in [5.74, 6) is -1.25. The third kappa shape index (κ3) is 4.08. The van der Waals surface area contributed by atoms with Crippen LogP contribution in [-0.4, -0.2) is 36.5 Å². The molecule has 1 aliphatic heterocycles. The van der Waals surface area contributed by atoms with Gasteiger partial charge < -0.3 is 9.64 Å². The summed E-state index contributed by atoms with van der Waals surface area (Å²) in [7, 11) is 0. The largest absolute Gasteiger partial charge is 0.465 e. The number of hydrogen-bond donors (Lipinski definition) is 0. The molecule has 0 aliphatic carbocycles. The van der Waals surface area contributed by atoms with Crippen LogP contribution in [0.1, 0.15) is 41.0 Å². The van der Waals surface area contributed by atoms with Crippen molar-refractivity contribution in [2.45, 2.75) is 41.0 Å². The summed E-state index contributed by atoms with van der Waals surface area (Å²) in [6.45, 7) is 11.1. The SMILES string of the molecule is CCOC(=O)C(C(=O)N1CCC=C(C)C1)C(C)(C)C. The number of carbonyl (C=O) groups is 2. The summed E-state index contributed by atoms with van der Waals surface area (Å²) >= 11 is 0. The van der Waals surface area contributed by atoms with Crippen molar-refractivity contribution < 1.29 is 14.3 Å². The Kier molecular flexibility index (Phi) is 5.15. The van der Waals surface area contributed by atoms with Crippen LogP contribution in [0.25, 0.3) is 0 Å². The number of nitrogens with zero attached hydrogens (tertiary/aromatic N) is 1. The van der Waals surface area contributed by atoms with Crippen LogP contribution >= 0.6 is 0 Å². The highest BCUT2D eigenvalue weighted by atomic mass is 16.5. The fourth-order valence-corrected chi connectivity index (χ4v) is 2.33. The minimum atomic E-state index is -0.724. The molecule has 1 unspecified atom stereocenters. The molecule has 1 rings (SSSR count). The Morgan fingerprint density at radius 3 is 2.53 bits per heavy atom. The molecule has 4 nitrogen and oxygen atoms in total. The molecular formula is C15H25NO3. The van der Waals surface area contributed by atoms with E-state index in [0.29, 0.717) is 19.7 Å². The van der Waals surface area contributed by atoms with Gasteiger partial charge in [0, 0.05) is 13.1 Å². The second-order valence-electron chi connectivity index (χ2n) is 6.15. The number of rotatable bonds is 3. The zero-order valence-corrected chi connectivity index (χ0v) is 12.7. The Morgan fingerprint density at radius 2 is 2.05 bits per heavy atom. The van der Waals surface area contributed by atoms with Crippen LogP contribution in [-0.2, 0) is 14.3 Å².